The third-order valence-electron chi connectivity index (χ3n) is 4.83. The van der Waals surface area contributed by atoms with E-state index in [2.05, 4.69) is 38.9 Å². The van der Waals surface area contributed by atoms with Crippen LogP contribution in [-0.2, 0) is 17.0 Å². The van der Waals surface area contributed by atoms with E-state index in [9.17, 15) is 9.90 Å². The van der Waals surface area contributed by atoms with Crippen LogP contribution in [0.5, 0.6) is 0 Å². The summed E-state index contributed by atoms with van der Waals surface area (Å²) in [5.74, 6) is -0.621. The van der Waals surface area contributed by atoms with Crippen LogP contribution in [0.2, 0.25) is 0 Å². The van der Waals surface area contributed by atoms with Crippen LogP contribution < -0.4 is 0 Å². The minimum Gasteiger partial charge on any atom is -0.478 e. The number of rotatable bonds is 4. The topological polar surface area (TPSA) is 46.5 Å². The molecule has 1 N–H and O–H groups in total. The predicted octanol–water partition coefficient (Wildman–Crippen LogP) is 4.65. The van der Waals surface area contributed by atoms with Crippen LogP contribution in [0, 0.1) is 11.3 Å². The van der Waals surface area contributed by atoms with Crippen molar-refractivity contribution in [3.8, 4) is 0 Å². The number of aromatic carboxylic acids is 1. The molecule has 3 rings (SSSR count). The Kier molecular flexibility index (Phi) is 4.72. The zero-order valence-corrected chi connectivity index (χ0v) is 15.1. The molecule has 2 aliphatic carbocycles. The van der Waals surface area contributed by atoms with Gasteiger partial charge in [-0.2, -0.15) is 0 Å². The van der Waals surface area contributed by atoms with Crippen LogP contribution in [0.25, 0.3) is 0 Å². The molecule has 0 radical (unpaired) electrons. The third kappa shape index (κ3) is 3.28. The molecule has 23 heavy (non-hydrogen) atoms. The van der Waals surface area contributed by atoms with Gasteiger partial charge in [0.1, 0.15) is 0 Å². The molecular formula is C18H22O3S2. The van der Waals surface area contributed by atoms with Gasteiger partial charge in [-0.25, -0.2) is 4.79 Å². The Balaban J connectivity index is 2.06. The van der Waals surface area contributed by atoms with Gasteiger partial charge in [0, 0.05) is 21.6 Å². The number of carboxylic acids is 1. The molecule has 1 aromatic heterocycles. The first-order valence-corrected chi connectivity index (χ1v) is 9.10. The largest absolute Gasteiger partial charge is 0.478 e. The maximum absolute atomic E-state index is 12.0. The maximum atomic E-state index is 12.0. The van der Waals surface area contributed by atoms with Crippen molar-refractivity contribution in [2.24, 2.45) is 11.3 Å². The van der Waals surface area contributed by atoms with Gasteiger partial charge in [0.2, 0.25) is 0 Å². The van der Waals surface area contributed by atoms with Gasteiger partial charge in [-0.1, -0.05) is 38.2 Å². The number of thiophene rings is 1. The summed E-state index contributed by atoms with van der Waals surface area (Å²) in [5, 5.41) is 9.85. The molecule has 0 bridgehead atoms. The highest BCUT2D eigenvalue weighted by Gasteiger charge is 2.35. The maximum Gasteiger partial charge on any atom is 0.337 e. The summed E-state index contributed by atoms with van der Waals surface area (Å²) in [6.07, 6.45) is 11.1. The first-order chi connectivity index (χ1) is 10.9. The van der Waals surface area contributed by atoms with Crippen LogP contribution in [0.15, 0.2) is 24.3 Å². The standard InChI is InChI=1S/C18H22O3S2/c1-18(2)8-7-14-13(9-18)15(17(19)20)16(23-14)12-6-4-3-5-11(12)10-21-22/h3-6,11-12,22H,7-10H2,1-2H3,(H,19,20). The Bertz CT molecular complexity index is 670. The average molecular weight is 351 g/mol. The van der Waals surface area contributed by atoms with E-state index >= 15 is 0 Å². The number of hydrogen-bond acceptors (Lipinski definition) is 4. The Hall–Kier alpha value is -1.04. The van der Waals surface area contributed by atoms with Crippen molar-refractivity contribution in [3.63, 3.8) is 0 Å². The molecule has 1 aromatic rings. The van der Waals surface area contributed by atoms with Crippen LogP contribution in [0.3, 0.4) is 0 Å². The minimum absolute atomic E-state index is 0.0527. The van der Waals surface area contributed by atoms with E-state index in [0.717, 1.165) is 29.7 Å². The molecule has 2 aliphatic rings. The van der Waals surface area contributed by atoms with Crippen LogP contribution >= 0.6 is 24.2 Å². The molecule has 0 amide bonds. The smallest absolute Gasteiger partial charge is 0.337 e. The fraction of sp³-hybridized carbons (Fsp3) is 0.500. The SMILES string of the molecule is CC1(C)CCc2sc(C3C=CC=CC3COS)c(C(=O)O)c2C1. The van der Waals surface area contributed by atoms with Crippen molar-refractivity contribution in [1.29, 1.82) is 0 Å². The first kappa shape index (κ1) is 16.8. The van der Waals surface area contributed by atoms with Crippen LogP contribution in [0.1, 0.15) is 51.9 Å². The molecule has 0 fully saturated rings. The molecule has 3 nitrogen and oxygen atoms in total. The zero-order valence-electron chi connectivity index (χ0n) is 13.4. The lowest BCUT2D eigenvalue weighted by Gasteiger charge is -2.29. The summed E-state index contributed by atoms with van der Waals surface area (Å²) < 4.78 is 5.04. The molecule has 0 saturated carbocycles. The molecule has 2 unspecified atom stereocenters. The summed E-state index contributed by atoms with van der Waals surface area (Å²) in [5.41, 5.74) is 1.76. The Morgan fingerprint density at radius 1 is 1.43 bits per heavy atom. The second-order valence-electron chi connectivity index (χ2n) is 7.14. The van der Waals surface area contributed by atoms with Gasteiger partial charge in [-0.15, -0.1) is 11.3 Å². The lowest BCUT2D eigenvalue weighted by Crippen LogP contribution is -2.23. The van der Waals surface area contributed by atoms with E-state index in [1.165, 1.54) is 4.88 Å². The van der Waals surface area contributed by atoms with Crippen LogP contribution in [0.4, 0.5) is 0 Å². The predicted molar refractivity (Wildman–Crippen MR) is 96.5 cm³/mol. The normalized spacial score (nSPS) is 25.3. The monoisotopic (exact) mass is 350 g/mol. The molecule has 0 saturated heterocycles. The molecular weight excluding hydrogens is 328 g/mol. The second-order valence-corrected chi connectivity index (χ2v) is 8.54. The quantitative estimate of drug-likeness (QED) is 0.614. The summed E-state index contributed by atoms with van der Waals surface area (Å²) in [4.78, 5) is 14.2. The number of carbonyl (C=O) groups is 1. The van der Waals surface area contributed by atoms with Crippen molar-refractivity contribution in [1.82, 2.24) is 0 Å². The number of allylic oxidation sites excluding steroid dienone is 3. The average Bonchev–Trinajstić information content (AvgIpc) is 2.85. The Morgan fingerprint density at radius 2 is 2.17 bits per heavy atom. The first-order valence-electron chi connectivity index (χ1n) is 7.92. The van der Waals surface area contributed by atoms with Crippen molar-refractivity contribution < 1.29 is 14.1 Å². The number of carboxylic acid groups (broad SMARTS) is 1. The molecule has 0 aromatic carbocycles. The summed E-state index contributed by atoms with van der Waals surface area (Å²) >= 11 is 5.56. The molecule has 124 valence electrons. The van der Waals surface area contributed by atoms with Gasteiger partial charge in [-0.05, 0) is 43.2 Å². The van der Waals surface area contributed by atoms with Crippen molar-refractivity contribution in [3.05, 3.63) is 45.2 Å². The number of thiol groups is 1. The van der Waals surface area contributed by atoms with Gasteiger partial charge in [-0.3, -0.25) is 0 Å². The summed E-state index contributed by atoms with van der Waals surface area (Å²) in [6.45, 7) is 4.92. The molecule has 5 heteroatoms. The van der Waals surface area contributed by atoms with E-state index < -0.39 is 5.97 Å². The molecule has 0 aliphatic heterocycles. The highest BCUT2D eigenvalue weighted by atomic mass is 32.1. The highest BCUT2D eigenvalue weighted by Crippen LogP contribution is 2.46. The molecule has 0 spiro atoms. The highest BCUT2D eigenvalue weighted by molar-refractivity contribution is 7.75. The number of hydrogen-bond donors (Lipinski definition) is 2. The van der Waals surface area contributed by atoms with Gasteiger partial charge in [0.15, 0.2) is 0 Å². The fourth-order valence-corrected chi connectivity index (χ4v) is 5.23. The van der Waals surface area contributed by atoms with Gasteiger partial charge in [0.25, 0.3) is 0 Å². The van der Waals surface area contributed by atoms with Gasteiger partial charge in [0.05, 0.1) is 12.2 Å². The van der Waals surface area contributed by atoms with Crippen molar-refractivity contribution in [2.45, 2.75) is 39.0 Å². The fourth-order valence-electron chi connectivity index (χ4n) is 3.59. The van der Waals surface area contributed by atoms with E-state index in [-0.39, 0.29) is 17.3 Å². The summed E-state index contributed by atoms with van der Waals surface area (Å²) in [6, 6.07) is 0. The molecule has 2 atom stereocenters. The lowest BCUT2D eigenvalue weighted by atomic mass is 9.75. The number of fused-ring (bicyclic) bond motifs is 1. The van der Waals surface area contributed by atoms with E-state index in [4.69, 9.17) is 4.18 Å². The lowest BCUT2D eigenvalue weighted by molar-refractivity contribution is 0.0693. The minimum atomic E-state index is -0.802. The zero-order chi connectivity index (χ0) is 16.6. The molecule has 1 heterocycles. The van der Waals surface area contributed by atoms with Crippen molar-refractivity contribution in [2.75, 3.05) is 6.61 Å². The van der Waals surface area contributed by atoms with Gasteiger partial charge >= 0.3 is 5.97 Å². The van der Waals surface area contributed by atoms with Crippen molar-refractivity contribution >= 4 is 30.2 Å². The van der Waals surface area contributed by atoms with E-state index in [1.54, 1.807) is 11.3 Å². The Morgan fingerprint density at radius 3 is 2.87 bits per heavy atom. The number of aryl methyl sites for hydroxylation is 1. The Labute approximate surface area is 146 Å². The van der Waals surface area contributed by atoms with E-state index in [1.807, 2.05) is 12.2 Å². The second kappa shape index (κ2) is 6.46. The summed E-state index contributed by atoms with van der Waals surface area (Å²) in [7, 11) is 0. The van der Waals surface area contributed by atoms with Crippen LogP contribution in [-0.4, -0.2) is 17.7 Å². The third-order valence-corrected chi connectivity index (χ3v) is 6.38. The van der Waals surface area contributed by atoms with Gasteiger partial charge < -0.3 is 9.29 Å². The van der Waals surface area contributed by atoms with E-state index in [0.29, 0.717) is 12.2 Å².